The van der Waals surface area contributed by atoms with Crippen molar-refractivity contribution in [2.24, 2.45) is 0 Å². The molecule has 0 aromatic heterocycles. The van der Waals surface area contributed by atoms with Gasteiger partial charge in [-0.1, -0.05) is 0 Å². The number of alkyl carbamates (subject to hydrolysis) is 1. The molecule has 1 N–H and O–H groups in total. The third-order valence-corrected chi connectivity index (χ3v) is 5.56. The van der Waals surface area contributed by atoms with Crippen LogP contribution in [0.15, 0.2) is 0 Å². The Labute approximate surface area is 111 Å². The van der Waals surface area contributed by atoms with Crippen molar-refractivity contribution >= 4 is 14.7 Å². The van der Waals surface area contributed by atoms with E-state index in [2.05, 4.69) is 11.9 Å². The molecular weight excluding hydrogens is 250 g/mol. The van der Waals surface area contributed by atoms with Crippen LogP contribution in [0, 0.1) is 0 Å². The molecule has 1 amide bonds. The first-order valence-corrected chi connectivity index (χ1v) is 9.28. The highest BCUT2D eigenvalue weighted by molar-refractivity contribution is 6.66. The number of carbonyl (C=O) groups is 1. The third-order valence-electron chi connectivity index (χ3n) is 2.50. The summed E-state index contributed by atoms with van der Waals surface area (Å²) in [6, 6.07) is 0.958. The maximum atomic E-state index is 11.0. The number of carbonyl (C=O) groups excluding carboxylic acids is 1. The lowest BCUT2D eigenvalue weighted by atomic mass is 10.3. The normalized spacial score (nSPS) is 11.3. The minimum atomic E-state index is -1.99. The van der Waals surface area contributed by atoms with Gasteiger partial charge in [-0.25, -0.2) is 4.79 Å². The summed E-state index contributed by atoms with van der Waals surface area (Å²) >= 11 is 0. The van der Waals surface area contributed by atoms with E-state index in [1.807, 2.05) is 13.8 Å². The van der Waals surface area contributed by atoms with Crippen molar-refractivity contribution in [1.29, 1.82) is 0 Å². The molecular formula is C12H27NO4Si. The van der Waals surface area contributed by atoms with E-state index >= 15 is 0 Å². The molecule has 0 aliphatic carbocycles. The highest BCUT2D eigenvalue weighted by atomic mass is 28.4. The largest absolute Gasteiger partial charge is 0.450 e. The van der Waals surface area contributed by atoms with Crippen LogP contribution in [0.2, 0.25) is 12.6 Å². The molecule has 0 unspecified atom stereocenters. The zero-order valence-corrected chi connectivity index (χ0v) is 13.1. The quantitative estimate of drug-likeness (QED) is 0.493. The fourth-order valence-electron chi connectivity index (χ4n) is 1.74. The SMILES string of the molecule is CCOC(=O)NCCCC[Si](C)(OCC)OCC. The van der Waals surface area contributed by atoms with Gasteiger partial charge in [0.05, 0.1) is 6.61 Å². The Morgan fingerprint density at radius 1 is 1.06 bits per heavy atom. The molecule has 0 aromatic rings. The van der Waals surface area contributed by atoms with Gasteiger partial charge in [-0.3, -0.25) is 0 Å². The van der Waals surface area contributed by atoms with E-state index in [0.717, 1.165) is 18.9 Å². The van der Waals surface area contributed by atoms with Gasteiger partial charge in [0, 0.05) is 19.8 Å². The van der Waals surface area contributed by atoms with E-state index in [-0.39, 0.29) is 6.09 Å². The van der Waals surface area contributed by atoms with Crippen LogP contribution in [-0.2, 0) is 13.6 Å². The van der Waals surface area contributed by atoms with Crippen LogP contribution >= 0.6 is 0 Å². The Bertz CT molecular complexity index is 220. The zero-order valence-electron chi connectivity index (χ0n) is 12.1. The van der Waals surface area contributed by atoms with E-state index in [1.54, 1.807) is 6.92 Å². The summed E-state index contributed by atoms with van der Waals surface area (Å²) in [5.74, 6) is 0. The number of hydrogen-bond donors (Lipinski definition) is 1. The maximum Gasteiger partial charge on any atom is 0.407 e. The Morgan fingerprint density at radius 2 is 1.67 bits per heavy atom. The lowest BCUT2D eigenvalue weighted by molar-refractivity contribution is 0.152. The molecule has 18 heavy (non-hydrogen) atoms. The molecule has 0 saturated heterocycles. The fraction of sp³-hybridized carbons (Fsp3) is 0.917. The van der Waals surface area contributed by atoms with Gasteiger partial charge in [-0.2, -0.15) is 0 Å². The molecule has 0 aromatic carbocycles. The van der Waals surface area contributed by atoms with Crippen LogP contribution in [0.5, 0.6) is 0 Å². The number of unbranched alkanes of at least 4 members (excludes halogenated alkanes) is 1. The van der Waals surface area contributed by atoms with Crippen LogP contribution < -0.4 is 5.32 Å². The number of amides is 1. The van der Waals surface area contributed by atoms with Crippen LogP contribution in [0.1, 0.15) is 33.6 Å². The molecule has 0 rings (SSSR count). The van der Waals surface area contributed by atoms with Crippen molar-refractivity contribution in [2.75, 3.05) is 26.4 Å². The second kappa shape index (κ2) is 10.3. The second-order valence-corrected chi connectivity index (χ2v) is 7.45. The molecule has 0 aliphatic rings. The van der Waals surface area contributed by atoms with Crippen molar-refractivity contribution in [1.82, 2.24) is 5.32 Å². The van der Waals surface area contributed by atoms with Crippen molar-refractivity contribution in [2.45, 2.75) is 46.2 Å². The van der Waals surface area contributed by atoms with Crippen LogP contribution in [0.3, 0.4) is 0 Å². The Balaban J connectivity index is 3.70. The summed E-state index contributed by atoms with van der Waals surface area (Å²) in [5, 5.41) is 2.71. The summed E-state index contributed by atoms with van der Waals surface area (Å²) in [6.07, 6.45) is 1.57. The average molecular weight is 277 g/mol. The monoisotopic (exact) mass is 277 g/mol. The van der Waals surface area contributed by atoms with Crippen molar-refractivity contribution in [3.63, 3.8) is 0 Å². The molecule has 0 saturated carbocycles. The fourth-order valence-corrected chi connectivity index (χ4v) is 4.23. The smallest absolute Gasteiger partial charge is 0.407 e. The van der Waals surface area contributed by atoms with Crippen molar-refractivity contribution < 1.29 is 18.4 Å². The summed E-state index contributed by atoms with van der Waals surface area (Å²) in [5.41, 5.74) is 0. The topological polar surface area (TPSA) is 56.8 Å². The van der Waals surface area contributed by atoms with E-state index in [0.29, 0.717) is 26.4 Å². The van der Waals surface area contributed by atoms with Gasteiger partial charge in [0.2, 0.25) is 0 Å². The first kappa shape index (κ1) is 17.4. The zero-order chi connectivity index (χ0) is 13.9. The number of rotatable bonds is 10. The molecule has 0 bridgehead atoms. The Hall–Kier alpha value is -0.593. The van der Waals surface area contributed by atoms with Gasteiger partial charge in [0.25, 0.3) is 0 Å². The predicted octanol–water partition coefficient (Wildman–Crippen LogP) is 2.66. The van der Waals surface area contributed by atoms with E-state index < -0.39 is 8.56 Å². The minimum absolute atomic E-state index is 0.341. The van der Waals surface area contributed by atoms with Crippen molar-refractivity contribution in [3.05, 3.63) is 0 Å². The number of hydrogen-bond acceptors (Lipinski definition) is 4. The van der Waals surface area contributed by atoms with Gasteiger partial charge >= 0.3 is 14.7 Å². The predicted molar refractivity (Wildman–Crippen MR) is 73.9 cm³/mol. The van der Waals surface area contributed by atoms with E-state index in [4.69, 9.17) is 13.6 Å². The maximum absolute atomic E-state index is 11.0. The third kappa shape index (κ3) is 8.49. The summed E-state index contributed by atoms with van der Waals surface area (Å²) in [6.45, 7) is 10.3. The molecule has 0 radical (unpaired) electrons. The molecule has 5 nitrogen and oxygen atoms in total. The Kier molecular flexibility index (Phi) is 10.00. The highest BCUT2D eigenvalue weighted by Gasteiger charge is 2.29. The molecule has 0 atom stereocenters. The molecule has 108 valence electrons. The van der Waals surface area contributed by atoms with Gasteiger partial charge in [0.15, 0.2) is 0 Å². The lowest BCUT2D eigenvalue weighted by Gasteiger charge is -2.25. The summed E-state index contributed by atoms with van der Waals surface area (Å²) in [4.78, 5) is 11.0. The average Bonchev–Trinajstić information content (AvgIpc) is 2.29. The lowest BCUT2D eigenvalue weighted by Crippen LogP contribution is -2.38. The highest BCUT2D eigenvalue weighted by Crippen LogP contribution is 2.16. The standard InChI is InChI=1S/C12H27NO4Si/c1-5-15-12(14)13-10-8-9-11-18(4,16-6-2)17-7-3/h5-11H2,1-4H3,(H,13,14). The van der Waals surface area contributed by atoms with Crippen LogP contribution in [-0.4, -0.2) is 41.0 Å². The molecule has 6 heteroatoms. The first-order chi connectivity index (χ1) is 8.58. The van der Waals surface area contributed by atoms with Gasteiger partial charge in [-0.05, 0) is 46.2 Å². The van der Waals surface area contributed by atoms with Gasteiger partial charge < -0.3 is 18.9 Å². The van der Waals surface area contributed by atoms with Gasteiger partial charge in [0.1, 0.15) is 0 Å². The summed E-state index contributed by atoms with van der Waals surface area (Å²) < 4.78 is 16.3. The van der Waals surface area contributed by atoms with E-state index in [1.165, 1.54) is 0 Å². The Morgan fingerprint density at radius 3 is 2.17 bits per heavy atom. The molecule has 0 heterocycles. The van der Waals surface area contributed by atoms with Crippen LogP contribution in [0.4, 0.5) is 4.79 Å². The second-order valence-electron chi connectivity index (χ2n) is 4.10. The summed E-state index contributed by atoms with van der Waals surface area (Å²) in [7, 11) is -1.99. The molecule has 0 spiro atoms. The van der Waals surface area contributed by atoms with Gasteiger partial charge in [-0.15, -0.1) is 0 Å². The molecule has 0 fully saturated rings. The first-order valence-electron chi connectivity index (χ1n) is 6.76. The van der Waals surface area contributed by atoms with Crippen LogP contribution in [0.25, 0.3) is 0 Å². The van der Waals surface area contributed by atoms with E-state index in [9.17, 15) is 4.79 Å². The number of ether oxygens (including phenoxy) is 1. The molecule has 0 aliphatic heterocycles. The van der Waals surface area contributed by atoms with Crippen molar-refractivity contribution in [3.8, 4) is 0 Å². The minimum Gasteiger partial charge on any atom is -0.450 e. The number of nitrogens with one attached hydrogen (secondary N) is 1.